The maximum atomic E-state index is 15.4. The van der Waals surface area contributed by atoms with Crippen molar-refractivity contribution in [3.05, 3.63) is 35.4 Å². The molecule has 0 unspecified atom stereocenters. The minimum absolute atomic E-state index is 0.0154. The zero-order chi connectivity index (χ0) is 35.2. The Balaban J connectivity index is 1.34. The number of rotatable bonds is 6. The van der Waals surface area contributed by atoms with Gasteiger partial charge in [0.15, 0.2) is 0 Å². The number of halogens is 2. The van der Waals surface area contributed by atoms with E-state index in [0.717, 1.165) is 51.3 Å². The molecule has 0 radical (unpaired) electrons. The summed E-state index contributed by atoms with van der Waals surface area (Å²) in [7, 11) is 2.04. The van der Waals surface area contributed by atoms with Gasteiger partial charge in [-0.15, -0.1) is 0 Å². The van der Waals surface area contributed by atoms with Gasteiger partial charge in [-0.25, -0.2) is 8.78 Å². The van der Waals surface area contributed by atoms with Gasteiger partial charge in [-0.1, -0.05) is 19.9 Å². The third-order valence-electron chi connectivity index (χ3n) is 12.2. The maximum absolute atomic E-state index is 15.4. The molecule has 5 atom stereocenters. The van der Waals surface area contributed by atoms with Crippen molar-refractivity contribution < 1.29 is 27.9 Å². The Morgan fingerprint density at radius 1 is 0.918 bits per heavy atom. The van der Waals surface area contributed by atoms with Crippen LogP contribution >= 0.6 is 0 Å². The summed E-state index contributed by atoms with van der Waals surface area (Å²) in [5.74, 6) is -2.72. The second kappa shape index (κ2) is 14.2. The van der Waals surface area contributed by atoms with E-state index in [2.05, 4.69) is 44.4 Å². The fraction of sp³-hybridized carbons (Fsp3) is 0.763. The second-order valence-corrected chi connectivity index (χ2v) is 17.1. The summed E-state index contributed by atoms with van der Waals surface area (Å²) in [6.07, 6.45) is 5.16. The Labute approximate surface area is 291 Å². The third kappa shape index (κ3) is 7.69. The number of likely N-dealkylation sites (tertiary alicyclic amines) is 2. The number of carbonyl (C=O) groups is 3. The van der Waals surface area contributed by atoms with Crippen molar-refractivity contribution in [3.63, 3.8) is 0 Å². The van der Waals surface area contributed by atoms with Gasteiger partial charge in [0.25, 0.3) is 5.91 Å². The van der Waals surface area contributed by atoms with E-state index in [9.17, 15) is 18.8 Å². The number of nitrogens with zero attached hydrogens (tertiary/aromatic N) is 5. The first-order valence-electron chi connectivity index (χ1n) is 18.5. The van der Waals surface area contributed by atoms with Crippen LogP contribution in [-0.4, -0.2) is 131 Å². The fourth-order valence-corrected chi connectivity index (χ4v) is 8.92. The molecular formula is C38H57F2N5O4. The van der Waals surface area contributed by atoms with Crippen molar-refractivity contribution in [1.82, 2.24) is 24.5 Å². The summed E-state index contributed by atoms with van der Waals surface area (Å²) in [5, 5.41) is 0. The number of carbonyl (C=O) groups excluding carboxylic acids is 3. The van der Waals surface area contributed by atoms with Crippen LogP contribution in [0, 0.1) is 23.0 Å². The normalized spacial score (nSPS) is 30.2. The zero-order valence-electron chi connectivity index (χ0n) is 30.4. The van der Waals surface area contributed by atoms with Gasteiger partial charge < -0.3 is 24.3 Å². The van der Waals surface area contributed by atoms with Crippen LogP contribution < -0.4 is 0 Å². The molecule has 1 saturated carbocycles. The van der Waals surface area contributed by atoms with Crippen LogP contribution in [0.3, 0.4) is 0 Å². The van der Waals surface area contributed by atoms with E-state index in [0.29, 0.717) is 51.2 Å². The molecule has 5 aliphatic rings. The van der Waals surface area contributed by atoms with Crippen LogP contribution in [0.25, 0.3) is 0 Å². The number of amides is 3. The lowest BCUT2D eigenvalue weighted by atomic mass is 9.75. The standard InChI is InChI=1S/C38H57F2N5O4/c1-37(2,3)43-23-29(28-10-9-25(39)20-31(28)40)30(24-43)34(46)44-22-27(21-32(44)35(47)42-17-15-41(6)16-18-42)45(36(48)33-8-7-19-49-33)26-11-13-38(4,5)14-12-26/h9-10,20,26-27,29-30,32-33H,7-8,11-19,21-24H2,1-6H3/t27-,29-,30-,32+,33-/m0/s1. The molecule has 1 aromatic carbocycles. The SMILES string of the molecule is CN1CCN(C(=O)[C@H]2C[C@H](N(C(=O)[C@@H]3CCCO3)C3CCC(C)(C)CC3)CN2C(=O)[C@H]2CN(C(C)(C)C)C[C@H]2c2ccc(F)cc2F)CC1. The minimum atomic E-state index is -0.719. The number of hydrogen-bond acceptors (Lipinski definition) is 6. The van der Waals surface area contributed by atoms with Crippen LogP contribution in [0.2, 0.25) is 0 Å². The Morgan fingerprint density at radius 3 is 2.22 bits per heavy atom. The van der Waals surface area contributed by atoms with Crippen molar-refractivity contribution in [2.45, 2.75) is 115 Å². The topological polar surface area (TPSA) is 76.6 Å². The molecule has 4 aliphatic heterocycles. The lowest BCUT2D eigenvalue weighted by Crippen LogP contribution is -2.54. The maximum Gasteiger partial charge on any atom is 0.252 e. The van der Waals surface area contributed by atoms with Crippen molar-refractivity contribution >= 4 is 17.7 Å². The van der Waals surface area contributed by atoms with E-state index >= 15 is 4.39 Å². The molecule has 0 aromatic heterocycles. The predicted octanol–water partition coefficient (Wildman–Crippen LogP) is 4.50. The molecule has 3 amide bonds. The molecule has 1 aromatic rings. The monoisotopic (exact) mass is 685 g/mol. The first kappa shape index (κ1) is 36.2. The van der Waals surface area contributed by atoms with E-state index in [1.165, 1.54) is 12.1 Å². The van der Waals surface area contributed by atoms with Crippen molar-refractivity contribution in [2.75, 3.05) is 59.5 Å². The highest BCUT2D eigenvalue weighted by Gasteiger charge is 2.52. The van der Waals surface area contributed by atoms with E-state index in [1.807, 2.05) is 16.8 Å². The molecule has 49 heavy (non-hydrogen) atoms. The number of ether oxygens (including phenoxy) is 1. The molecular weight excluding hydrogens is 628 g/mol. The predicted molar refractivity (Wildman–Crippen MR) is 184 cm³/mol. The molecule has 6 rings (SSSR count). The number of hydrogen-bond donors (Lipinski definition) is 0. The fourth-order valence-electron chi connectivity index (χ4n) is 8.92. The van der Waals surface area contributed by atoms with Crippen LogP contribution in [0.4, 0.5) is 8.78 Å². The average Bonchev–Trinajstić information content (AvgIpc) is 3.82. The van der Waals surface area contributed by atoms with Crippen molar-refractivity contribution in [2.24, 2.45) is 11.3 Å². The van der Waals surface area contributed by atoms with Gasteiger partial charge in [-0.3, -0.25) is 19.3 Å². The van der Waals surface area contributed by atoms with Crippen molar-refractivity contribution in [1.29, 1.82) is 0 Å². The van der Waals surface area contributed by atoms with Gasteiger partial charge in [0.2, 0.25) is 11.8 Å². The molecule has 11 heteroatoms. The summed E-state index contributed by atoms with van der Waals surface area (Å²) < 4.78 is 35.3. The average molecular weight is 686 g/mol. The van der Waals surface area contributed by atoms with E-state index in [1.54, 1.807) is 4.90 Å². The summed E-state index contributed by atoms with van der Waals surface area (Å²) >= 11 is 0. The lowest BCUT2D eigenvalue weighted by molar-refractivity contribution is -0.148. The largest absolute Gasteiger partial charge is 0.368 e. The number of benzene rings is 1. The zero-order valence-corrected chi connectivity index (χ0v) is 30.4. The highest BCUT2D eigenvalue weighted by Crippen LogP contribution is 2.42. The van der Waals surface area contributed by atoms with Crippen LogP contribution in [0.1, 0.15) is 91.0 Å². The molecule has 0 spiro atoms. The third-order valence-corrected chi connectivity index (χ3v) is 12.2. The summed E-state index contributed by atoms with van der Waals surface area (Å²) in [4.78, 5) is 53.7. The summed E-state index contributed by atoms with van der Waals surface area (Å²) in [6.45, 7) is 15.1. The lowest BCUT2D eigenvalue weighted by Gasteiger charge is -2.43. The van der Waals surface area contributed by atoms with Crippen LogP contribution in [-0.2, 0) is 19.1 Å². The Morgan fingerprint density at radius 2 is 1.61 bits per heavy atom. The van der Waals surface area contributed by atoms with Gasteiger partial charge in [-0.05, 0) is 89.8 Å². The highest BCUT2D eigenvalue weighted by molar-refractivity contribution is 5.91. The molecule has 0 N–H and O–H groups in total. The van der Waals surface area contributed by atoms with E-state index < -0.39 is 35.6 Å². The van der Waals surface area contributed by atoms with Gasteiger partial charge >= 0.3 is 0 Å². The molecule has 9 nitrogen and oxygen atoms in total. The quantitative estimate of drug-likeness (QED) is 0.440. The van der Waals surface area contributed by atoms with Crippen LogP contribution in [0.15, 0.2) is 18.2 Å². The molecule has 5 fully saturated rings. The van der Waals surface area contributed by atoms with Gasteiger partial charge in [0.1, 0.15) is 23.8 Å². The molecule has 272 valence electrons. The second-order valence-electron chi connectivity index (χ2n) is 17.1. The Bertz CT molecular complexity index is 1380. The van der Waals surface area contributed by atoms with E-state index in [-0.39, 0.29) is 47.3 Å². The van der Waals surface area contributed by atoms with Gasteiger partial charge in [-0.2, -0.15) is 0 Å². The van der Waals surface area contributed by atoms with Crippen molar-refractivity contribution in [3.8, 4) is 0 Å². The van der Waals surface area contributed by atoms with Gasteiger partial charge in [0, 0.05) is 76.0 Å². The molecule has 0 bridgehead atoms. The number of piperazine rings is 1. The first-order chi connectivity index (χ1) is 23.1. The molecule has 4 saturated heterocycles. The summed E-state index contributed by atoms with van der Waals surface area (Å²) in [5.41, 5.74) is 0.244. The highest BCUT2D eigenvalue weighted by atomic mass is 19.1. The minimum Gasteiger partial charge on any atom is -0.368 e. The van der Waals surface area contributed by atoms with Gasteiger partial charge in [0.05, 0.1) is 12.0 Å². The summed E-state index contributed by atoms with van der Waals surface area (Å²) in [6, 6.07) is 2.59. The Hall–Kier alpha value is -2.63. The first-order valence-corrected chi connectivity index (χ1v) is 18.5. The van der Waals surface area contributed by atoms with E-state index in [4.69, 9.17) is 4.74 Å². The number of likely N-dealkylation sites (N-methyl/N-ethyl adjacent to an activating group) is 1. The Kier molecular flexibility index (Phi) is 10.5. The smallest absolute Gasteiger partial charge is 0.252 e. The van der Waals surface area contributed by atoms with Crippen LogP contribution in [0.5, 0.6) is 0 Å². The molecule has 1 aliphatic carbocycles. The molecule has 4 heterocycles.